The molecule has 98 valence electrons. The van der Waals surface area contributed by atoms with Crippen LogP contribution in [0.2, 0.25) is 0 Å². The summed E-state index contributed by atoms with van der Waals surface area (Å²) in [6, 6.07) is 13.8. The van der Waals surface area contributed by atoms with Crippen LogP contribution in [0.4, 0.5) is 5.69 Å². The van der Waals surface area contributed by atoms with Crippen LogP contribution in [0, 0.1) is 0 Å². The topological polar surface area (TPSA) is 20.3 Å². The smallest absolute Gasteiger partial charge is 0.150 e. The standard InChI is InChI=1S/C15H13Br2NO/c1-18(9-11-3-2-4-13(16)7-11)15-6-5-12(10-19)8-14(15)17/h2-8,10H,9H2,1H3. The lowest BCUT2D eigenvalue weighted by molar-refractivity contribution is 0.112. The first-order valence-electron chi connectivity index (χ1n) is 5.80. The van der Waals surface area contributed by atoms with Crippen LogP contribution >= 0.6 is 31.9 Å². The molecule has 0 amide bonds. The van der Waals surface area contributed by atoms with Crippen molar-refractivity contribution in [3.05, 3.63) is 62.5 Å². The summed E-state index contributed by atoms with van der Waals surface area (Å²) in [4.78, 5) is 12.9. The lowest BCUT2D eigenvalue weighted by Crippen LogP contribution is -2.16. The highest BCUT2D eigenvalue weighted by Gasteiger charge is 2.07. The number of halogens is 2. The van der Waals surface area contributed by atoms with Crippen LogP contribution in [0.25, 0.3) is 0 Å². The fraction of sp³-hybridized carbons (Fsp3) is 0.133. The van der Waals surface area contributed by atoms with Crippen LogP contribution in [-0.2, 0) is 6.54 Å². The van der Waals surface area contributed by atoms with Crippen molar-refractivity contribution in [2.45, 2.75) is 6.54 Å². The molecule has 0 radical (unpaired) electrons. The fourth-order valence-corrected chi connectivity index (χ4v) is 3.05. The van der Waals surface area contributed by atoms with Crippen molar-refractivity contribution >= 4 is 43.8 Å². The molecule has 0 spiro atoms. The highest BCUT2D eigenvalue weighted by molar-refractivity contribution is 9.10. The van der Waals surface area contributed by atoms with E-state index < -0.39 is 0 Å². The minimum atomic E-state index is 0.673. The van der Waals surface area contributed by atoms with Crippen molar-refractivity contribution in [1.82, 2.24) is 0 Å². The van der Waals surface area contributed by atoms with Crippen LogP contribution in [0.5, 0.6) is 0 Å². The molecular formula is C15H13Br2NO. The molecule has 2 rings (SSSR count). The molecule has 0 unspecified atom stereocenters. The van der Waals surface area contributed by atoms with Crippen LogP contribution in [0.15, 0.2) is 51.4 Å². The van der Waals surface area contributed by atoms with Gasteiger partial charge in [-0.2, -0.15) is 0 Å². The van der Waals surface area contributed by atoms with Gasteiger partial charge in [0.25, 0.3) is 0 Å². The van der Waals surface area contributed by atoms with Gasteiger partial charge in [0.15, 0.2) is 0 Å². The van der Waals surface area contributed by atoms with Gasteiger partial charge >= 0.3 is 0 Å². The molecule has 0 aliphatic rings. The van der Waals surface area contributed by atoms with Gasteiger partial charge < -0.3 is 4.90 Å². The predicted molar refractivity (Wildman–Crippen MR) is 85.8 cm³/mol. The Morgan fingerprint density at radius 1 is 1.16 bits per heavy atom. The summed E-state index contributed by atoms with van der Waals surface area (Å²) in [6.45, 7) is 0.804. The maximum atomic E-state index is 10.7. The molecule has 2 aromatic carbocycles. The molecule has 2 nitrogen and oxygen atoms in total. The third-order valence-corrected chi connectivity index (χ3v) is 3.96. The Balaban J connectivity index is 2.20. The SMILES string of the molecule is CN(Cc1cccc(Br)c1)c1ccc(C=O)cc1Br. The molecule has 0 heterocycles. The van der Waals surface area contributed by atoms with Gasteiger partial charge in [0, 0.05) is 28.1 Å². The Hall–Kier alpha value is -1.13. The van der Waals surface area contributed by atoms with E-state index in [2.05, 4.69) is 48.9 Å². The average molecular weight is 383 g/mol. The molecule has 19 heavy (non-hydrogen) atoms. The molecule has 0 aliphatic carbocycles. The lowest BCUT2D eigenvalue weighted by Gasteiger charge is -2.21. The Morgan fingerprint density at radius 3 is 2.58 bits per heavy atom. The van der Waals surface area contributed by atoms with Crippen LogP contribution in [-0.4, -0.2) is 13.3 Å². The molecule has 0 bridgehead atoms. The van der Waals surface area contributed by atoms with Gasteiger partial charge in [0.2, 0.25) is 0 Å². The number of aldehydes is 1. The summed E-state index contributed by atoms with van der Waals surface area (Å²) in [6.07, 6.45) is 0.850. The summed E-state index contributed by atoms with van der Waals surface area (Å²) in [5.41, 5.74) is 2.96. The Morgan fingerprint density at radius 2 is 1.95 bits per heavy atom. The Bertz CT molecular complexity index is 598. The highest BCUT2D eigenvalue weighted by atomic mass is 79.9. The van der Waals surface area contributed by atoms with Crippen LogP contribution in [0.1, 0.15) is 15.9 Å². The van der Waals surface area contributed by atoms with E-state index in [0.717, 1.165) is 27.5 Å². The molecule has 4 heteroatoms. The van der Waals surface area contributed by atoms with Gasteiger partial charge in [-0.25, -0.2) is 0 Å². The van der Waals surface area contributed by atoms with Crippen molar-refractivity contribution in [2.75, 3.05) is 11.9 Å². The summed E-state index contributed by atoms with van der Waals surface area (Å²) in [5.74, 6) is 0. The van der Waals surface area contributed by atoms with Gasteiger partial charge in [0.1, 0.15) is 6.29 Å². The molecule has 2 aromatic rings. The molecule has 0 aliphatic heterocycles. The number of hydrogen-bond acceptors (Lipinski definition) is 2. The molecular weight excluding hydrogens is 370 g/mol. The van der Waals surface area contributed by atoms with Gasteiger partial charge in [-0.3, -0.25) is 4.79 Å². The normalized spacial score (nSPS) is 10.3. The zero-order chi connectivity index (χ0) is 13.8. The van der Waals surface area contributed by atoms with Gasteiger partial charge in [-0.1, -0.05) is 28.1 Å². The molecule has 0 N–H and O–H groups in total. The van der Waals surface area contributed by atoms with Crippen LogP contribution < -0.4 is 4.90 Å². The molecule has 0 saturated carbocycles. The number of rotatable bonds is 4. The first-order chi connectivity index (χ1) is 9.10. The maximum Gasteiger partial charge on any atom is 0.150 e. The van der Waals surface area contributed by atoms with Gasteiger partial charge in [0.05, 0.1) is 5.69 Å². The predicted octanol–water partition coefficient (Wildman–Crippen LogP) is 4.66. The zero-order valence-electron chi connectivity index (χ0n) is 10.4. The van der Waals surface area contributed by atoms with Crippen molar-refractivity contribution in [3.63, 3.8) is 0 Å². The van der Waals surface area contributed by atoms with Gasteiger partial charge in [-0.15, -0.1) is 0 Å². The van der Waals surface area contributed by atoms with Crippen molar-refractivity contribution in [2.24, 2.45) is 0 Å². The largest absolute Gasteiger partial charge is 0.369 e. The third-order valence-electron chi connectivity index (χ3n) is 2.83. The molecule has 0 saturated heterocycles. The summed E-state index contributed by atoms with van der Waals surface area (Å²) in [7, 11) is 2.03. The summed E-state index contributed by atoms with van der Waals surface area (Å²) < 4.78 is 2.00. The summed E-state index contributed by atoms with van der Waals surface area (Å²) >= 11 is 6.98. The minimum Gasteiger partial charge on any atom is -0.369 e. The quantitative estimate of drug-likeness (QED) is 0.716. The van der Waals surface area contributed by atoms with E-state index in [4.69, 9.17) is 0 Å². The van der Waals surface area contributed by atoms with E-state index >= 15 is 0 Å². The molecule has 0 fully saturated rings. The monoisotopic (exact) mass is 381 g/mol. The summed E-state index contributed by atoms with van der Waals surface area (Å²) in [5, 5.41) is 0. The van der Waals surface area contributed by atoms with Crippen molar-refractivity contribution < 1.29 is 4.79 Å². The average Bonchev–Trinajstić information content (AvgIpc) is 2.38. The van der Waals surface area contributed by atoms with E-state index in [-0.39, 0.29) is 0 Å². The van der Waals surface area contributed by atoms with E-state index in [1.807, 2.05) is 37.4 Å². The van der Waals surface area contributed by atoms with E-state index in [1.54, 1.807) is 0 Å². The second kappa shape index (κ2) is 6.35. The van der Waals surface area contributed by atoms with E-state index in [0.29, 0.717) is 5.56 Å². The number of carbonyl (C=O) groups excluding carboxylic acids is 1. The Kier molecular flexibility index (Phi) is 4.77. The second-order valence-corrected chi connectivity index (χ2v) is 6.08. The maximum absolute atomic E-state index is 10.7. The highest BCUT2D eigenvalue weighted by Crippen LogP contribution is 2.27. The number of anilines is 1. The Labute approximate surface area is 129 Å². The number of hydrogen-bond donors (Lipinski definition) is 0. The number of nitrogens with zero attached hydrogens (tertiary/aromatic N) is 1. The number of carbonyl (C=O) groups is 1. The van der Waals surface area contributed by atoms with Gasteiger partial charge in [-0.05, 0) is 51.8 Å². The van der Waals surface area contributed by atoms with Crippen molar-refractivity contribution in [3.8, 4) is 0 Å². The van der Waals surface area contributed by atoms with E-state index in [1.165, 1.54) is 5.56 Å². The minimum absolute atomic E-state index is 0.673. The van der Waals surface area contributed by atoms with Crippen LogP contribution in [0.3, 0.4) is 0 Å². The number of benzene rings is 2. The van der Waals surface area contributed by atoms with E-state index in [9.17, 15) is 4.79 Å². The first kappa shape index (κ1) is 14.3. The lowest BCUT2D eigenvalue weighted by atomic mass is 10.2. The zero-order valence-corrected chi connectivity index (χ0v) is 13.6. The first-order valence-corrected chi connectivity index (χ1v) is 7.39. The fourth-order valence-electron chi connectivity index (χ4n) is 1.90. The second-order valence-electron chi connectivity index (χ2n) is 4.31. The molecule has 0 aromatic heterocycles. The molecule has 0 atom stereocenters. The van der Waals surface area contributed by atoms with Crippen molar-refractivity contribution in [1.29, 1.82) is 0 Å². The third kappa shape index (κ3) is 3.67.